The summed E-state index contributed by atoms with van der Waals surface area (Å²) in [5.41, 5.74) is 10.0. The Morgan fingerprint density at radius 1 is 1.26 bits per heavy atom. The number of aryl methyl sites for hydroxylation is 2. The Morgan fingerprint density at radius 3 is 2.79 bits per heavy atom. The van der Waals surface area contributed by atoms with Crippen LogP contribution in [0.4, 0.5) is 5.82 Å². The maximum atomic E-state index is 6.17. The molecular weight excluding hydrogens is 256 g/mol. The average molecular weight is 270 g/mol. The van der Waals surface area contributed by atoms with Crippen LogP contribution in [0.5, 0.6) is 0 Å². The largest absolute Gasteiger partial charge is 0.383 e. The standard InChI is InChI=1S/C14H14N4S/c1-9-10(5-3-7-16-9)13-12(11-6-4-8-19-11)14(15)18(2)17-13/h3-8H,15H2,1-2H3. The molecule has 3 heterocycles. The van der Waals surface area contributed by atoms with Crippen LogP contribution < -0.4 is 5.73 Å². The summed E-state index contributed by atoms with van der Waals surface area (Å²) >= 11 is 1.66. The summed E-state index contributed by atoms with van der Waals surface area (Å²) in [7, 11) is 1.86. The van der Waals surface area contributed by atoms with Crippen LogP contribution in [-0.2, 0) is 7.05 Å². The van der Waals surface area contributed by atoms with Crippen LogP contribution in [0.1, 0.15) is 5.69 Å². The lowest BCUT2D eigenvalue weighted by molar-refractivity contribution is 0.782. The van der Waals surface area contributed by atoms with E-state index in [0.29, 0.717) is 5.82 Å². The third kappa shape index (κ3) is 1.92. The maximum Gasteiger partial charge on any atom is 0.130 e. The molecule has 0 aromatic carbocycles. The van der Waals surface area contributed by atoms with E-state index in [2.05, 4.69) is 16.1 Å². The fourth-order valence-electron chi connectivity index (χ4n) is 2.12. The second kappa shape index (κ2) is 4.51. The highest BCUT2D eigenvalue weighted by molar-refractivity contribution is 7.13. The van der Waals surface area contributed by atoms with E-state index >= 15 is 0 Å². The van der Waals surface area contributed by atoms with Gasteiger partial charge in [0.25, 0.3) is 0 Å². The Morgan fingerprint density at radius 2 is 2.11 bits per heavy atom. The number of rotatable bonds is 2. The molecule has 0 spiro atoms. The van der Waals surface area contributed by atoms with E-state index in [9.17, 15) is 0 Å². The Labute approximate surface area is 115 Å². The summed E-state index contributed by atoms with van der Waals surface area (Å²) in [4.78, 5) is 5.46. The molecule has 0 aliphatic heterocycles. The van der Waals surface area contributed by atoms with Crippen molar-refractivity contribution in [2.45, 2.75) is 6.92 Å². The quantitative estimate of drug-likeness (QED) is 0.778. The molecule has 0 aliphatic rings. The zero-order valence-corrected chi connectivity index (χ0v) is 11.6. The van der Waals surface area contributed by atoms with E-state index in [-0.39, 0.29) is 0 Å². The van der Waals surface area contributed by atoms with Crippen LogP contribution in [0.25, 0.3) is 21.7 Å². The Kier molecular flexibility index (Phi) is 2.83. The van der Waals surface area contributed by atoms with Gasteiger partial charge in [0.2, 0.25) is 0 Å². The molecule has 5 heteroatoms. The van der Waals surface area contributed by atoms with Crippen molar-refractivity contribution < 1.29 is 0 Å². The van der Waals surface area contributed by atoms with Crippen molar-refractivity contribution in [3.05, 3.63) is 41.5 Å². The number of hydrogen-bond acceptors (Lipinski definition) is 4. The fourth-order valence-corrected chi connectivity index (χ4v) is 2.90. The summed E-state index contributed by atoms with van der Waals surface area (Å²) in [5.74, 6) is 0.681. The minimum Gasteiger partial charge on any atom is -0.383 e. The molecular formula is C14H14N4S. The molecule has 2 N–H and O–H groups in total. The first kappa shape index (κ1) is 11.9. The van der Waals surface area contributed by atoms with Crippen molar-refractivity contribution in [1.29, 1.82) is 0 Å². The third-order valence-corrected chi connectivity index (χ3v) is 4.01. The fraction of sp³-hybridized carbons (Fsp3) is 0.143. The lowest BCUT2D eigenvalue weighted by Gasteiger charge is -2.04. The first-order valence-electron chi connectivity index (χ1n) is 5.97. The summed E-state index contributed by atoms with van der Waals surface area (Å²) in [5, 5.41) is 6.60. The topological polar surface area (TPSA) is 56.7 Å². The number of nitrogens with two attached hydrogens (primary N) is 1. The maximum absolute atomic E-state index is 6.17. The van der Waals surface area contributed by atoms with Crippen LogP contribution in [0, 0.1) is 6.92 Å². The normalized spacial score (nSPS) is 10.8. The van der Waals surface area contributed by atoms with E-state index in [0.717, 1.165) is 27.4 Å². The van der Waals surface area contributed by atoms with Gasteiger partial charge in [-0.3, -0.25) is 9.67 Å². The number of anilines is 1. The molecule has 0 bridgehead atoms. The molecule has 0 saturated carbocycles. The molecule has 19 heavy (non-hydrogen) atoms. The Balaban J connectivity index is 2.29. The van der Waals surface area contributed by atoms with Gasteiger partial charge in [0.15, 0.2) is 0 Å². The molecule has 3 rings (SSSR count). The van der Waals surface area contributed by atoms with Crippen LogP contribution in [0.3, 0.4) is 0 Å². The summed E-state index contributed by atoms with van der Waals surface area (Å²) in [6, 6.07) is 8.03. The van der Waals surface area contributed by atoms with Gasteiger partial charge in [-0.05, 0) is 30.5 Å². The van der Waals surface area contributed by atoms with Gasteiger partial charge in [0.05, 0.1) is 5.56 Å². The Hall–Kier alpha value is -2.14. The number of pyridine rings is 1. The second-order valence-electron chi connectivity index (χ2n) is 4.35. The van der Waals surface area contributed by atoms with Gasteiger partial charge >= 0.3 is 0 Å². The molecule has 0 atom stereocenters. The zero-order valence-electron chi connectivity index (χ0n) is 10.8. The van der Waals surface area contributed by atoms with Crippen LogP contribution in [-0.4, -0.2) is 14.8 Å². The van der Waals surface area contributed by atoms with Gasteiger partial charge in [-0.1, -0.05) is 6.07 Å². The van der Waals surface area contributed by atoms with Crippen LogP contribution in [0.15, 0.2) is 35.8 Å². The van der Waals surface area contributed by atoms with E-state index in [4.69, 9.17) is 5.73 Å². The highest BCUT2D eigenvalue weighted by Gasteiger charge is 2.19. The predicted molar refractivity (Wildman–Crippen MR) is 78.9 cm³/mol. The number of aromatic nitrogens is 3. The van der Waals surface area contributed by atoms with E-state index < -0.39 is 0 Å². The van der Waals surface area contributed by atoms with Crippen molar-refractivity contribution in [3.8, 4) is 21.7 Å². The van der Waals surface area contributed by atoms with E-state index in [1.165, 1.54) is 0 Å². The molecule has 4 nitrogen and oxygen atoms in total. The lowest BCUT2D eigenvalue weighted by Crippen LogP contribution is -1.97. The minimum atomic E-state index is 0.681. The van der Waals surface area contributed by atoms with E-state index in [1.54, 1.807) is 22.2 Å². The summed E-state index contributed by atoms with van der Waals surface area (Å²) in [6.45, 7) is 1.98. The van der Waals surface area contributed by atoms with Gasteiger partial charge in [0.1, 0.15) is 11.5 Å². The molecule has 0 aliphatic carbocycles. The molecule has 0 radical (unpaired) electrons. The number of hydrogen-bond donors (Lipinski definition) is 1. The molecule has 0 saturated heterocycles. The highest BCUT2D eigenvalue weighted by atomic mass is 32.1. The molecule has 0 amide bonds. The summed E-state index contributed by atoms with van der Waals surface area (Å²) < 4.78 is 1.72. The molecule has 3 aromatic rings. The van der Waals surface area contributed by atoms with Gasteiger partial charge < -0.3 is 5.73 Å². The lowest BCUT2D eigenvalue weighted by atomic mass is 10.1. The summed E-state index contributed by atoms with van der Waals surface area (Å²) in [6.07, 6.45) is 1.79. The van der Waals surface area contributed by atoms with Crippen molar-refractivity contribution >= 4 is 17.2 Å². The van der Waals surface area contributed by atoms with Gasteiger partial charge in [-0.2, -0.15) is 5.10 Å². The highest BCUT2D eigenvalue weighted by Crippen LogP contribution is 2.38. The van der Waals surface area contributed by atoms with Gasteiger partial charge in [-0.15, -0.1) is 11.3 Å². The van der Waals surface area contributed by atoms with Crippen molar-refractivity contribution in [3.63, 3.8) is 0 Å². The minimum absolute atomic E-state index is 0.681. The van der Waals surface area contributed by atoms with Gasteiger partial charge in [-0.25, -0.2) is 0 Å². The second-order valence-corrected chi connectivity index (χ2v) is 5.29. The predicted octanol–water partition coefficient (Wildman–Crippen LogP) is 3.10. The first-order chi connectivity index (χ1) is 9.18. The van der Waals surface area contributed by atoms with Crippen LogP contribution >= 0.6 is 11.3 Å². The number of thiophene rings is 1. The SMILES string of the molecule is Cc1ncccc1-c1nn(C)c(N)c1-c1cccs1. The van der Waals surface area contributed by atoms with E-state index in [1.807, 2.05) is 37.6 Å². The smallest absolute Gasteiger partial charge is 0.130 e. The molecule has 3 aromatic heterocycles. The number of nitrogen functional groups attached to an aromatic ring is 1. The van der Waals surface area contributed by atoms with Crippen molar-refractivity contribution in [2.75, 3.05) is 5.73 Å². The average Bonchev–Trinajstić information content (AvgIpc) is 3.00. The van der Waals surface area contributed by atoms with Crippen molar-refractivity contribution in [1.82, 2.24) is 14.8 Å². The Bertz CT molecular complexity index is 713. The molecule has 0 unspecified atom stereocenters. The van der Waals surface area contributed by atoms with Crippen LogP contribution in [0.2, 0.25) is 0 Å². The van der Waals surface area contributed by atoms with Crippen molar-refractivity contribution in [2.24, 2.45) is 7.05 Å². The van der Waals surface area contributed by atoms with Gasteiger partial charge in [0, 0.05) is 29.4 Å². The zero-order chi connectivity index (χ0) is 13.4. The monoisotopic (exact) mass is 270 g/mol. The third-order valence-electron chi connectivity index (χ3n) is 3.12. The molecule has 0 fully saturated rings. The number of nitrogens with zero attached hydrogens (tertiary/aromatic N) is 3. The first-order valence-corrected chi connectivity index (χ1v) is 6.85. The molecule has 96 valence electrons.